The van der Waals surface area contributed by atoms with Crippen LogP contribution in [-0.2, 0) is 6.54 Å². The van der Waals surface area contributed by atoms with Gasteiger partial charge in [0.05, 0.1) is 11.9 Å². The van der Waals surface area contributed by atoms with E-state index in [2.05, 4.69) is 29.4 Å². The molecule has 0 spiro atoms. The van der Waals surface area contributed by atoms with Gasteiger partial charge in [-0.25, -0.2) is 4.39 Å². The number of hydrogen-bond donors (Lipinski definition) is 2. The molecule has 0 aliphatic heterocycles. The molecule has 18 heavy (non-hydrogen) atoms. The molecule has 96 valence electrons. The maximum atomic E-state index is 13.6. The van der Waals surface area contributed by atoms with Gasteiger partial charge in [-0.3, -0.25) is 5.10 Å². The van der Waals surface area contributed by atoms with Crippen LogP contribution < -0.4 is 5.32 Å². The molecule has 0 aliphatic carbocycles. The lowest BCUT2D eigenvalue weighted by Crippen LogP contribution is -2.21. The van der Waals surface area contributed by atoms with E-state index >= 15 is 0 Å². The zero-order valence-corrected chi connectivity index (χ0v) is 10.9. The molecular weight excluding hydrogens is 229 g/mol. The van der Waals surface area contributed by atoms with Crippen molar-refractivity contribution in [2.75, 3.05) is 0 Å². The first-order valence-corrected chi connectivity index (χ1v) is 6.10. The number of benzene rings is 1. The van der Waals surface area contributed by atoms with E-state index in [1.54, 1.807) is 25.3 Å². The summed E-state index contributed by atoms with van der Waals surface area (Å²) in [6, 6.07) is 5.64. The second-order valence-corrected chi connectivity index (χ2v) is 4.77. The lowest BCUT2D eigenvalue weighted by molar-refractivity contribution is 0.589. The van der Waals surface area contributed by atoms with Gasteiger partial charge in [0.1, 0.15) is 5.82 Å². The van der Waals surface area contributed by atoms with Crippen molar-refractivity contribution in [2.45, 2.75) is 33.4 Å². The third kappa shape index (κ3) is 2.76. The topological polar surface area (TPSA) is 40.7 Å². The molecule has 2 aromatic rings. The fraction of sp³-hybridized carbons (Fsp3) is 0.357. The van der Waals surface area contributed by atoms with Crippen molar-refractivity contribution >= 4 is 0 Å². The molecule has 0 amide bonds. The van der Waals surface area contributed by atoms with Crippen LogP contribution in [0.4, 0.5) is 4.39 Å². The average molecular weight is 247 g/mol. The highest BCUT2D eigenvalue weighted by Crippen LogP contribution is 2.23. The Hall–Kier alpha value is -1.68. The number of aromatic amines is 1. The summed E-state index contributed by atoms with van der Waals surface area (Å²) in [6.07, 6.45) is 1.78. The normalized spacial score (nSPS) is 11.2. The molecule has 2 N–H and O–H groups in total. The van der Waals surface area contributed by atoms with Crippen molar-refractivity contribution in [2.24, 2.45) is 0 Å². The maximum Gasteiger partial charge on any atom is 0.126 e. The lowest BCUT2D eigenvalue weighted by Gasteiger charge is -2.08. The third-order valence-corrected chi connectivity index (χ3v) is 2.88. The molecule has 0 saturated heterocycles. The second-order valence-electron chi connectivity index (χ2n) is 4.77. The summed E-state index contributed by atoms with van der Waals surface area (Å²) in [5, 5.41) is 10.3. The van der Waals surface area contributed by atoms with Gasteiger partial charge in [0.15, 0.2) is 0 Å². The van der Waals surface area contributed by atoms with Crippen LogP contribution in [0.15, 0.2) is 24.4 Å². The zero-order valence-electron chi connectivity index (χ0n) is 10.9. The molecule has 4 heteroatoms. The van der Waals surface area contributed by atoms with Crippen LogP contribution in [0.1, 0.15) is 25.0 Å². The predicted octanol–water partition coefficient (Wildman–Crippen LogP) is 3.02. The summed E-state index contributed by atoms with van der Waals surface area (Å²) in [5.41, 5.74) is 3.41. The van der Waals surface area contributed by atoms with Crippen LogP contribution in [0.3, 0.4) is 0 Å². The molecule has 0 aliphatic rings. The van der Waals surface area contributed by atoms with Crippen molar-refractivity contribution in [1.82, 2.24) is 15.5 Å². The Morgan fingerprint density at radius 2 is 2.17 bits per heavy atom. The fourth-order valence-electron chi connectivity index (χ4n) is 1.76. The van der Waals surface area contributed by atoms with Crippen molar-refractivity contribution in [1.29, 1.82) is 0 Å². The highest BCUT2D eigenvalue weighted by atomic mass is 19.1. The van der Waals surface area contributed by atoms with Crippen LogP contribution in [0.5, 0.6) is 0 Å². The Balaban J connectivity index is 2.27. The molecule has 0 bridgehead atoms. The van der Waals surface area contributed by atoms with Gasteiger partial charge in [-0.05, 0) is 18.6 Å². The molecule has 0 atom stereocenters. The van der Waals surface area contributed by atoms with Gasteiger partial charge in [0, 0.05) is 23.7 Å². The van der Waals surface area contributed by atoms with Crippen LogP contribution in [0.2, 0.25) is 0 Å². The van der Waals surface area contributed by atoms with E-state index in [4.69, 9.17) is 0 Å². The van der Waals surface area contributed by atoms with Gasteiger partial charge in [-0.15, -0.1) is 0 Å². The first kappa shape index (κ1) is 12.8. The highest BCUT2D eigenvalue weighted by molar-refractivity contribution is 5.63. The maximum absolute atomic E-state index is 13.6. The van der Waals surface area contributed by atoms with Gasteiger partial charge >= 0.3 is 0 Å². The smallest absolute Gasteiger partial charge is 0.126 e. The minimum atomic E-state index is -0.190. The molecule has 0 unspecified atom stereocenters. The van der Waals surface area contributed by atoms with Crippen molar-refractivity contribution in [3.63, 3.8) is 0 Å². The standard InChI is InChI=1S/C14H18FN3/c1-9(2)16-7-12-8-17-18-14(12)11-5-4-10(3)13(15)6-11/h4-6,8-9,16H,7H2,1-3H3,(H,17,18). The molecule has 1 aromatic heterocycles. The Bertz CT molecular complexity index is 532. The molecule has 0 saturated carbocycles. The molecule has 3 nitrogen and oxygen atoms in total. The summed E-state index contributed by atoms with van der Waals surface area (Å²) < 4.78 is 13.6. The highest BCUT2D eigenvalue weighted by Gasteiger charge is 2.09. The number of nitrogens with zero attached hydrogens (tertiary/aromatic N) is 1. The minimum absolute atomic E-state index is 0.190. The average Bonchev–Trinajstić information content (AvgIpc) is 2.78. The fourth-order valence-corrected chi connectivity index (χ4v) is 1.76. The Labute approximate surface area is 106 Å². The van der Waals surface area contributed by atoms with Gasteiger partial charge in [0.25, 0.3) is 0 Å². The minimum Gasteiger partial charge on any atom is -0.310 e. The first-order chi connectivity index (χ1) is 8.58. The number of rotatable bonds is 4. The number of hydrogen-bond acceptors (Lipinski definition) is 2. The molecule has 1 aromatic carbocycles. The molecule has 2 rings (SSSR count). The van der Waals surface area contributed by atoms with E-state index in [-0.39, 0.29) is 5.82 Å². The Morgan fingerprint density at radius 1 is 1.39 bits per heavy atom. The van der Waals surface area contributed by atoms with Crippen LogP contribution >= 0.6 is 0 Å². The van der Waals surface area contributed by atoms with Crippen molar-refractivity contribution in [3.05, 3.63) is 41.3 Å². The van der Waals surface area contributed by atoms with E-state index in [1.807, 2.05) is 6.07 Å². The Morgan fingerprint density at radius 3 is 2.83 bits per heavy atom. The monoisotopic (exact) mass is 247 g/mol. The third-order valence-electron chi connectivity index (χ3n) is 2.88. The summed E-state index contributed by atoms with van der Waals surface area (Å²) >= 11 is 0. The predicted molar refractivity (Wildman–Crippen MR) is 70.7 cm³/mol. The Kier molecular flexibility index (Phi) is 3.77. The van der Waals surface area contributed by atoms with Crippen LogP contribution in [0, 0.1) is 12.7 Å². The van der Waals surface area contributed by atoms with E-state index in [0.717, 1.165) is 23.4 Å². The van der Waals surface area contributed by atoms with Gasteiger partial charge in [-0.2, -0.15) is 5.10 Å². The second kappa shape index (κ2) is 5.31. The number of aromatic nitrogens is 2. The van der Waals surface area contributed by atoms with E-state index in [0.29, 0.717) is 11.6 Å². The molecular formula is C14H18FN3. The summed E-state index contributed by atoms with van der Waals surface area (Å²) in [7, 11) is 0. The van der Waals surface area contributed by atoms with Gasteiger partial charge in [-0.1, -0.05) is 26.0 Å². The van der Waals surface area contributed by atoms with Crippen molar-refractivity contribution in [3.8, 4) is 11.3 Å². The largest absolute Gasteiger partial charge is 0.310 e. The number of aryl methyl sites for hydroxylation is 1. The number of H-pyrrole nitrogens is 1. The van der Waals surface area contributed by atoms with Gasteiger partial charge < -0.3 is 5.32 Å². The molecule has 0 fully saturated rings. The molecule has 1 heterocycles. The summed E-state index contributed by atoms with van der Waals surface area (Å²) in [4.78, 5) is 0. The quantitative estimate of drug-likeness (QED) is 0.872. The van der Waals surface area contributed by atoms with Gasteiger partial charge in [0.2, 0.25) is 0 Å². The van der Waals surface area contributed by atoms with Crippen molar-refractivity contribution < 1.29 is 4.39 Å². The number of nitrogens with one attached hydrogen (secondary N) is 2. The molecule has 0 radical (unpaired) electrons. The first-order valence-electron chi connectivity index (χ1n) is 6.10. The number of halogens is 1. The lowest BCUT2D eigenvalue weighted by atomic mass is 10.1. The van der Waals surface area contributed by atoms with E-state index in [9.17, 15) is 4.39 Å². The van der Waals surface area contributed by atoms with Crippen LogP contribution in [-0.4, -0.2) is 16.2 Å². The van der Waals surface area contributed by atoms with Crippen LogP contribution in [0.25, 0.3) is 11.3 Å². The SMILES string of the molecule is Cc1ccc(-c2[nH]ncc2CNC(C)C)cc1F. The summed E-state index contributed by atoms with van der Waals surface area (Å²) in [6.45, 7) is 6.66. The summed E-state index contributed by atoms with van der Waals surface area (Å²) in [5.74, 6) is -0.190. The van der Waals surface area contributed by atoms with E-state index < -0.39 is 0 Å². The van der Waals surface area contributed by atoms with E-state index in [1.165, 1.54) is 0 Å². The zero-order chi connectivity index (χ0) is 13.1.